The number of fused-ring (bicyclic) bond motifs is 2. The summed E-state index contributed by atoms with van der Waals surface area (Å²) in [6.07, 6.45) is 8.61. The lowest BCUT2D eigenvalue weighted by Crippen LogP contribution is -2.70. The predicted molar refractivity (Wildman–Crippen MR) is 237 cm³/mol. The van der Waals surface area contributed by atoms with Crippen LogP contribution < -0.4 is 9.47 Å². The number of carbonyl (C=O) groups is 1. The van der Waals surface area contributed by atoms with Gasteiger partial charge in [-0.05, 0) is 129 Å². The molecular formula is C51H57FN4O7. The number of allylic oxidation sites excluding steroid dienone is 1. The molecule has 11 nitrogen and oxygen atoms in total. The van der Waals surface area contributed by atoms with Crippen molar-refractivity contribution in [1.29, 1.82) is 5.26 Å². The van der Waals surface area contributed by atoms with Gasteiger partial charge in [-0.3, -0.25) is 9.78 Å². The number of ether oxygens (including phenoxy) is 3. The van der Waals surface area contributed by atoms with Crippen LogP contribution in [0.3, 0.4) is 0 Å². The van der Waals surface area contributed by atoms with Gasteiger partial charge >= 0.3 is 0 Å². The Hall–Kier alpha value is -5.87. The summed E-state index contributed by atoms with van der Waals surface area (Å²) in [5, 5.41) is 34.3. The van der Waals surface area contributed by atoms with Gasteiger partial charge in [-0.15, -0.1) is 6.58 Å². The Morgan fingerprint density at radius 2 is 1.81 bits per heavy atom. The highest BCUT2D eigenvalue weighted by Gasteiger charge is 2.65. The molecule has 3 aliphatic rings. The number of rotatable bonds is 20. The van der Waals surface area contributed by atoms with Crippen LogP contribution in [-0.2, 0) is 22.7 Å². The first-order valence-electron chi connectivity index (χ1n) is 22.0. The first kappa shape index (κ1) is 45.2. The van der Waals surface area contributed by atoms with Crippen LogP contribution in [0.5, 0.6) is 11.5 Å². The average molecular weight is 857 g/mol. The van der Waals surface area contributed by atoms with E-state index in [1.165, 1.54) is 12.1 Å². The maximum atomic E-state index is 15.2. The van der Waals surface area contributed by atoms with Crippen LogP contribution in [0.1, 0.15) is 96.2 Å². The number of carbonyl (C=O) groups excluding carboxylic acids is 1. The fourth-order valence-electron chi connectivity index (χ4n) is 9.68. The van der Waals surface area contributed by atoms with Gasteiger partial charge in [-0.1, -0.05) is 48.3 Å². The van der Waals surface area contributed by atoms with Crippen LogP contribution in [0, 0.1) is 41.8 Å². The zero-order chi connectivity index (χ0) is 44.3. The quantitative estimate of drug-likeness (QED) is 0.0505. The molecule has 12 heteroatoms. The van der Waals surface area contributed by atoms with Crippen molar-refractivity contribution in [3.63, 3.8) is 0 Å². The summed E-state index contributed by atoms with van der Waals surface area (Å²) in [5.74, 6) is -1.74. The summed E-state index contributed by atoms with van der Waals surface area (Å²) in [4.78, 5) is 27.5. The summed E-state index contributed by atoms with van der Waals surface area (Å²) in [6.45, 7) is 8.75. The standard InChI is InChI=1S/C51H57FN4O7/c1-4-27-61-51-47(56(32-36-17-21-39(52)22-18-36)50(59)37-19-15-35(31-53)16-20-37)30-45(55-62-5-2)43-28-38(12-6-8-25-57)42(14-7-9-26-58)48(49(43)51)44-29-41(23-24-46(44)63-51)60-33-40-13-10-11-34(3)54-40/h4,10-11,13,15-24,28-29,38,42,47-49,57-58H,1,5-9,12,14,25-27,30,32-33H2,2-3H3/t38-,42+,47-,48+,49+,51+/m0/s1. The van der Waals surface area contributed by atoms with E-state index >= 15 is 4.79 Å². The highest BCUT2D eigenvalue weighted by molar-refractivity contribution is 6.03. The molecule has 1 aromatic heterocycles. The van der Waals surface area contributed by atoms with Crippen LogP contribution in [0.2, 0.25) is 0 Å². The summed E-state index contributed by atoms with van der Waals surface area (Å²) >= 11 is 0. The number of benzene rings is 3. The third kappa shape index (κ3) is 10.0. The van der Waals surface area contributed by atoms with Crippen LogP contribution in [0.4, 0.5) is 4.39 Å². The van der Waals surface area contributed by atoms with Crippen LogP contribution in [-0.4, -0.2) is 70.0 Å². The van der Waals surface area contributed by atoms with E-state index in [2.05, 4.69) is 29.8 Å². The Bertz CT molecular complexity index is 2310. The number of amides is 1. The number of nitrogens with zero attached hydrogens (tertiary/aromatic N) is 4. The molecule has 2 N–H and O–H groups in total. The lowest BCUT2D eigenvalue weighted by molar-refractivity contribution is -0.255. The number of aryl methyl sites for hydroxylation is 1. The molecule has 2 aliphatic carbocycles. The molecule has 63 heavy (non-hydrogen) atoms. The van der Waals surface area contributed by atoms with Crippen molar-refractivity contribution in [3.8, 4) is 17.6 Å². The van der Waals surface area contributed by atoms with Gasteiger partial charge in [0.05, 0.1) is 35.6 Å². The largest absolute Gasteiger partial charge is 0.487 e. The van der Waals surface area contributed by atoms with Crippen molar-refractivity contribution in [2.24, 2.45) is 22.9 Å². The number of hydrogen-bond acceptors (Lipinski definition) is 10. The predicted octanol–water partition coefficient (Wildman–Crippen LogP) is 8.98. The topological polar surface area (TPSA) is 147 Å². The molecule has 1 aliphatic heterocycles. The summed E-state index contributed by atoms with van der Waals surface area (Å²) in [5.41, 5.74) is 5.66. The number of hydrogen-bond donors (Lipinski definition) is 2. The lowest BCUT2D eigenvalue weighted by Gasteiger charge is -2.60. The number of oxime groups is 1. The van der Waals surface area contributed by atoms with Crippen molar-refractivity contribution < 1.29 is 38.4 Å². The molecular weight excluding hydrogens is 800 g/mol. The van der Waals surface area contributed by atoms with Gasteiger partial charge in [-0.2, -0.15) is 5.26 Å². The first-order valence-corrected chi connectivity index (χ1v) is 22.0. The van der Waals surface area contributed by atoms with Gasteiger partial charge in [0.15, 0.2) is 0 Å². The molecule has 0 unspecified atom stereocenters. The minimum absolute atomic E-state index is 0.0129. The van der Waals surface area contributed by atoms with Gasteiger partial charge < -0.3 is 34.2 Å². The number of aromatic nitrogens is 1. The Labute approximate surface area is 369 Å². The van der Waals surface area contributed by atoms with Crippen molar-refractivity contribution >= 4 is 11.6 Å². The van der Waals surface area contributed by atoms with E-state index in [0.717, 1.165) is 48.2 Å². The smallest absolute Gasteiger partial charge is 0.254 e. The van der Waals surface area contributed by atoms with Crippen LogP contribution >= 0.6 is 0 Å². The summed E-state index contributed by atoms with van der Waals surface area (Å²) in [6, 6.07) is 25.6. The molecule has 0 spiro atoms. The fourth-order valence-corrected chi connectivity index (χ4v) is 9.68. The number of aliphatic hydroxyl groups is 2. The molecule has 1 saturated carbocycles. The Kier molecular flexibility index (Phi) is 15.1. The molecule has 0 bridgehead atoms. The van der Waals surface area contributed by atoms with Gasteiger partial charge in [0.25, 0.3) is 5.91 Å². The van der Waals surface area contributed by atoms with Crippen LogP contribution in [0.15, 0.2) is 114 Å². The summed E-state index contributed by atoms with van der Waals surface area (Å²) < 4.78 is 35.3. The third-order valence-corrected chi connectivity index (χ3v) is 12.4. The minimum Gasteiger partial charge on any atom is -0.487 e. The van der Waals surface area contributed by atoms with E-state index in [1.54, 1.807) is 47.4 Å². The molecule has 4 aromatic rings. The zero-order valence-corrected chi connectivity index (χ0v) is 36.1. The van der Waals surface area contributed by atoms with Gasteiger partial charge in [-0.25, -0.2) is 4.39 Å². The summed E-state index contributed by atoms with van der Waals surface area (Å²) in [7, 11) is 0. The molecule has 0 radical (unpaired) electrons. The highest BCUT2D eigenvalue weighted by Crippen LogP contribution is 2.62. The van der Waals surface area contributed by atoms with E-state index in [1.807, 2.05) is 44.2 Å². The normalized spacial score (nSPS) is 22.8. The van der Waals surface area contributed by atoms with E-state index in [9.17, 15) is 19.9 Å². The van der Waals surface area contributed by atoms with Crippen molar-refractivity contribution in [2.45, 2.75) is 89.7 Å². The SMILES string of the molecule is C=CCO[C@@]12Oc3ccc(OCc4cccc(C)n4)cc3[C@H]3[C@H](CCCCO)[C@@H](CCCCO)C=C(C(=NOCC)C[C@@H]1N(Cc1ccc(F)cc1)C(=O)c1ccc(C#N)cc1)[C@H]32. The van der Waals surface area contributed by atoms with Gasteiger partial charge in [0, 0.05) is 48.9 Å². The zero-order valence-electron chi connectivity index (χ0n) is 36.1. The van der Waals surface area contributed by atoms with E-state index in [-0.39, 0.29) is 63.1 Å². The van der Waals surface area contributed by atoms with E-state index in [0.29, 0.717) is 53.3 Å². The molecule has 1 fully saturated rings. The molecule has 3 aromatic carbocycles. The second-order valence-electron chi connectivity index (χ2n) is 16.5. The molecule has 2 heterocycles. The van der Waals surface area contributed by atoms with Crippen LogP contribution in [0.25, 0.3) is 0 Å². The third-order valence-electron chi connectivity index (χ3n) is 12.4. The van der Waals surface area contributed by atoms with Crippen molar-refractivity contribution in [1.82, 2.24) is 9.88 Å². The first-order chi connectivity index (χ1) is 30.7. The number of halogens is 1. The number of aliphatic hydroxyl groups excluding tert-OH is 2. The molecule has 7 rings (SSSR count). The average Bonchev–Trinajstić information content (AvgIpc) is 3.30. The molecule has 330 valence electrons. The molecule has 0 saturated heterocycles. The second kappa shape index (κ2) is 21.0. The minimum atomic E-state index is -1.51. The number of nitriles is 1. The Morgan fingerprint density at radius 3 is 2.51 bits per heavy atom. The maximum Gasteiger partial charge on any atom is 0.254 e. The lowest BCUT2D eigenvalue weighted by atomic mass is 9.55. The van der Waals surface area contributed by atoms with Gasteiger partial charge in [0.1, 0.15) is 36.6 Å². The second-order valence-corrected chi connectivity index (χ2v) is 16.5. The number of unbranched alkanes of at least 4 members (excludes halogenated alkanes) is 2. The van der Waals surface area contributed by atoms with E-state index < -0.39 is 23.6 Å². The van der Waals surface area contributed by atoms with Crippen molar-refractivity contribution in [3.05, 3.63) is 149 Å². The Balaban J connectivity index is 1.45. The van der Waals surface area contributed by atoms with E-state index in [4.69, 9.17) is 24.2 Å². The molecule has 6 atom stereocenters. The van der Waals surface area contributed by atoms with Gasteiger partial charge in [0.2, 0.25) is 5.79 Å². The maximum absolute atomic E-state index is 15.2. The molecule has 1 amide bonds. The number of pyridine rings is 1. The highest BCUT2D eigenvalue weighted by atomic mass is 19.1. The fraction of sp³-hybridized carbons (Fsp3) is 0.412. The Morgan fingerprint density at radius 1 is 1.05 bits per heavy atom. The van der Waals surface area contributed by atoms with Crippen molar-refractivity contribution in [2.75, 3.05) is 26.4 Å². The monoisotopic (exact) mass is 856 g/mol.